The van der Waals surface area contributed by atoms with Gasteiger partial charge >= 0.3 is 63.3 Å². The van der Waals surface area contributed by atoms with Gasteiger partial charge in [-0.3, -0.25) is 9.59 Å². The van der Waals surface area contributed by atoms with Crippen LogP contribution in [0.15, 0.2) is 0 Å². The zero-order valence-corrected chi connectivity index (χ0v) is 19.7. The molecule has 0 saturated heterocycles. The van der Waals surface area contributed by atoms with Crippen molar-refractivity contribution in [3.05, 3.63) is 0 Å². The number of carboxylic acid groups (broad SMARTS) is 2. The van der Waals surface area contributed by atoms with Gasteiger partial charge in [-0.05, 0) is 12.8 Å². The van der Waals surface area contributed by atoms with Gasteiger partial charge in [0, 0.05) is 12.8 Å². The van der Waals surface area contributed by atoms with E-state index >= 15 is 0 Å². The molecule has 0 aliphatic carbocycles. The third-order valence-electron chi connectivity index (χ3n) is 4.29. The number of carbonyl (C=O) groups is 3. The fourth-order valence-corrected chi connectivity index (χ4v) is 2.74. The average molecular weight is 398 g/mol. The Hall–Kier alpha value is 0.0464. The van der Waals surface area contributed by atoms with Gasteiger partial charge in [-0.1, -0.05) is 71.1 Å². The molecule has 0 rings (SSSR count). The second-order valence-electron chi connectivity index (χ2n) is 6.68. The van der Waals surface area contributed by atoms with Crippen LogP contribution in [0, 0.1) is 0 Å². The van der Waals surface area contributed by atoms with Crippen LogP contribution in [0.4, 0.5) is 0 Å². The molecule has 0 heterocycles. The first kappa shape index (κ1) is 28.3. The summed E-state index contributed by atoms with van der Waals surface area (Å²) in [5, 5.41) is 20.0. The minimum absolute atomic E-state index is 0. The van der Waals surface area contributed by atoms with Crippen LogP contribution in [0.5, 0.6) is 0 Å². The Morgan fingerprint density at radius 3 is 1.69 bits per heavy atom. The van der Waals surface area contributed by atoms with Gasteiger partial charge in [0.25, 0.3) is 0 Å². The Balaban J connectivity index is -0.00000288. The number of hydrogen-bond donors (Lipinski definition) is 3. The normalized spacial score (nSPS) is 11.4. The van der Waals surface area contributed by atoms with Crippen LogP contribution < -0.4 is 56.7 Å². The number of unbranched alkanes of at least 4 members (excludes halogenated alkanes) is 10. The first-order chi connectivity index (χ1) is 12.0. The summed E-state index contributed by atoms with van der Waals surface area (Å²) < 4.78 is 0. The summed E-state index contributed by atoms with van der Waals surface area (Å²) in [5.74, 6) is -2.56. The van der Waals surface area contributed by atoms with E-state index in [1.165, 1.54) is 51.4 Å². The Bertz CT molecular complexity index is 396. The largest absolute Gasteiger partial charge is 1.00 e. The monoisotopic (exact) mass is 397 g/mol. The molecule has 0 spiro atoms. The molecule has 0 aliphatic rings. The fourth-order valence-electron chi connectivity index (χ4n) is 2.74. The average Bonchev–Trinajstić information content (AvgIpc) is 2.56. The molecule has 0 bridgehead atoms. The third-order valence-corrected chi connectivity index (χ3v) is 4.29. The topological polar surface area (TPSA) is 104 Å². The second kappa shape index (κ2) is 19.8. The van der Waals surface area contributed by atoms with Crippen LogP contribution in [-0.4, -0.2) is 34.1 Å². The number of aliphatic carboxylic acids is 2. The number of nitrogens with one attached hydrogen (secondary N) is 1. The number of carbonyl (C=O) groups excluding carboxylic acids is 1. The van der Waals surface area contributed by atoms with E-state index in [4.69, 9.17) is 10.2 Å². The predicted molar refractivity (Wildman–Crippen MR) is 98.6 cm³/mol. The maximum absolute atomic E-state index is 11.7. The summed E-state index contributed by atoms with van der Waals surface area (Å²) in [5.41, 5.74) is 0. The molecule has 0 unspecified atom stereocenters. The maximum atomic E-state index is 11.7. The molecule has 7 heteroatoms. The molecule has 3 N–H and O–H groups in total. The number of rotatable bonds is 17. The van der Waals surface area contributed by atoms with Gasteiger partial charge in [-0.25, -0.2) is 4.79 Å². The Morgan fingerprint density at radius 1 is 0.808 bits per heavy atom. The van der Waals surface area contributed by atoms with E-state index in [-0.39, 0.29) is 71.6 Å². The van der Waals surface area contributed by atoms with Crippen LogP contribution in [-0.2, 0) is 14.4 Å². The smallest absolute Gasteiger partial charge is 1.00 e. The van der Waals surface area contributed by atoms with Crippen molar-refractivity contribution in [2.75, 3.05) is 0 Å². The minimum atomic E-state index is -1.19. The van der Waals surface area contributed by atoms with Gasteiger partial charge in [-0.15, -0.1) is 0 Å². The van der Waals surface area contributed by atoms with Gasteiger partial charge in [0.1, 0.15) is 6.04 Å². The molecule has 1 atom stereocenters. The number of amides is 1. The van der Waals surface area contributed by atoms with Crippen molar-refractivity contribution in [1.82, 2.24) is 5.32 Å². The summed E-state index contributed by atoms with van der Waals surface area (Å²) in [4.78, 5) is 33.2. The molecule has 0 aromatic heterocycles. The van der Waals surface area contributed by atoms with Crippen molar-refractivity contribution in [1.29, 1.82) is 0 Å². The summed E-state index contributed by atoms with van der Waals surface area (Å²) in [6.07, 6.45) is 13.1. The fraction of sp³-hybridized carbons (Fsp3) is 0.842. The van der Waals surface area contributed by atoms with Crippen molar-refractivity contribution in [2.45, 2.75) is 103 Å². The molecular weight excluding hydrogens is 361 g/mol. The van der Waals surface area contributed by atoms with E-state index in [1.807, 2.05) is 0 Å². The molecule has 0 saturated carbocycles. The predicted octanol–water partition coefficient (Wildman–Crippen LogP) is 1.24. The van der Waals surface area contributed by atoms with E-state index in [2.05, 4.69) is 12.2 Å². The molecule has 0 fully saturated rings. The third kappa shape index (κ3) is 18.8. The van der Waals surface area contributed by atoms with Crippen molar-refractivity contribution in [3.63, 3.8) is 0 Å². The molecule has 6 nitrogen and oxygen atoms in total. The van der Waals surface area contributed by atoms with E-state index in [9.17, 15) is 14.4 Å². The van der Waals surface area contributed by atoms with E-state index < -0.39 is 18.0 Å². The minimum Gasteiger partial charge on any atom is -1.00 e. The van der Waals surface area contributed by atoms with Gasteiger partial charge in [-0.2, -0.15) is 0 Å². The van der Waals surface area contributed by atoms with Gasteiger partial charge in [0.2, 0.25) is 5.91 Å². The van der Waals surface area contributed by atoms with Crippen molar-refractivity contribution >= 4 is 17.8 Å². The first-order valence-electron chi connectivity index (χ1n) is 9.71. The molecule has 0 aliphatic heterocycles. The van der Waals surface area contributed by atoms with Crippen molar-refractivity contribution in [2.24, 2.45) is 0 Å². The molecule has 0 aromatic carbocycles. The van der Waals surface area contributed by atoms with Crippen LogP contribution in [0.1, 0.15) is 98.2 Å². The van der Waals surface area contributed by atoms with Crippen LogP contribution in [0.3, 0.4) is 0 Å². The zero-order valence-electron chi connectivity index (χ0n) is 17.6. The van der Waals surface area contributed by atoms with Crippen molar-refractivity contribution < 1.29 is 77.4 Å². The molecule has 0 aromatic rings. The van der Waals surface area contributed by atoms with Gasteiger partial charge in [0.05, 0.1) is 0 Å². The van der Waals surface area contributed by atoms with Crippen LogP contribution in [0.25, 0.3) is 0 Å². The molecular formula is C19H36KNO5. The molecule has 148 valence electrons. The quantitative estimate of drug-likeness (QED) is 0.253. The summed E-state index contributed by atoms with van der Waals surface area (Å²) in [7, 11) is 0. The molecule has 26 heavy (non-hydrogen) atoms. The first-order valence-corrected chi connectivity index (χ1v) is 9.71. The van der Waals surface area contributed by atoms with E-state index in [0.717, 1.165) is 19.3 Å². The Labute approximate surface area is 201 Å². The maximum Gasteiger partial charge on any atom is 1.00 e. The van der Waals surface area contributed by atoms with E-state index in [0.29, 0.717) is 6.42 Å². The number of carboxylic acids is 2. The van der Waals surface area contributed by atoms with Crippen LogP contribution >= 0.6 is 0 Å². The number of hydrogen-bond acceptors (Lipinski definition) is 3. The SMILES string of the molecule is CCCCCCCCCCCCCC(=O)N[C@H](CCC(=O)O)C(=O)O.[H-].[K+]. The Kier molecular flexibility index (Phi) is 21.5. The summed E-state index contributed by atoms with van der Waals surface area (Å²) in [6.45, 7) is 2.22. The molecule has 1 amide bonds. The zero-order chi connectivity index (χ0) is 18.9. The summed E-state index contributed by atoms with van der Waals surface area (Å²) >= 11 is 0. The van der Waals surface area contributed by atoms with Crippen molar-refractivity contribution in [3.8, 4) is 0 Å². The Morgan fingerprint density at radius 2 is 1.27 bits per heavy atom. The van der Waals surface area contributed by atoms with Gasteiger partial charge in [0.15, 0.2) is 0 Å². The second-order valence-corrected chi connectivity index (χ2v) is 6.68. The summed E-state index contributed by atoms with van der Waals surface area (Å²) in [6, 6.07) is -1.11. The standard InChI is InChI=1S/C19H35NO5.K.H/c1-2-3-4-5-6-7-8-9-10-11-12-13-17(21)20-16(19(24)25)14-15-18(22)23;;/h16H,2-15H2,1H3,(H,20,21)(H,22,23)(H,24,25);;/q;+1;-1/t16-;;/m1../s1. The van der Waals surface area contributed by atoms with E-state index in [1.54, 1.807) is 0 Å². The van der Waals surface area contributed by atoms with Crippen LogP contribution in [0.2, 0.25) is 0 Å². The molecule has 0 radical (unpaired) electrons. The van der Waals surface area contributed by atoms with Gasteiger partial charge < -0.3 is 17.0 Å².